The Morgan fingerprint density at radius 3 is 2.35 bits per heavy atom. The summed E-state index contributed by atoms with van der Waals surface area (Å²) in [5.74, 6) is -1.46. The summed E-state index contributed by atoms with van der Waals surface area (Å²) in [5, 5.41) is 10.3. The fourth-order valence-electron chi connectivity index (χ4n) is 2.42. The molecule has 2 aromatic rings. The van der Waals surface area contributed by atoms with E-state index in [1.165, 1.54) is 20.3 Å². The lowest BCUT2D eigenvalue weighted by Crippen LogP contribution is -2.19. The minimum Gasteiger partial charge on any atom is -0.508 e. The van der Waals surface area contributed by atoms with E-state index in [-0.39, 0.29) is 12.2 Å². The fraction of sp³-hybridized carbons (Fsp3) is 0.222. The standard InChI is InChI=1S/C18H18O5/c1-22-13-8-9-14(16(19)10-13)15(11-17(20)18(21)23-2)12-6-4-3-5-7-12/h3-10,15,19H,11H2,1-2H3/t15-/m1/s1. The molecule has 2 rings (SSSR count). The molecule has 0 aliphatic rings. The second kappa shape index (κ2) is 7.45. The normalized spacial score (nSPS) is 11.6. The van der Waals surface area contributed by atoms with Crippen molar-refractivity contribution in [1.29, 1.82) is 0 Å². The number of rotatable bonds is 6. The van der Waals surface area contributed by atoms with Crippen LogP contribution in [-0.4, -0.2) is 31.1 Å². The fourth-order valence-corrected chi connectivity index (χ4v) is 2.42. The smallest absolute Gasteiger partial charge is 0.374 e. The average Bonchev–Trinajstić information content (AvgIpc) is 2.59. The highest BCUT2D eigenvalue weighted by molar-refractivity contribution is 6.33. The quantitative estimate of drug-likeness (QED) is 0.655. The van der Waals surface area contributed by atoms with Gasteiger partial charge in [-0.3, -0.25) is 4.79 Å². The Hall–Kier alpha value is -2.82. The Balaban J connectivity index is 2.42. The van der Waals surface area contributed by atoms with E-state index in [9.17, 15) is 14.7 Å². The van der Waals surface area contributed by atoms with Crippen LogP contribution in [0.5, 0.6) is 11.5 Å². The number of benzene rings is 2. The summed E-state index contributed by atoms with van der Waals surface area (Å²) in [7, 11) is 2.67. The summed E-state index contributed by atoms with van der Waals surface area (Å²) in [4.78, 5) is 23.4. The molecule has 0 unspecified atom stereocenters. The summed E-state index contributed by atoms with van der Waals surface area (Å²) >= 11 is 0. The van der Waals surface area contributed by atoms with Crippen molar-refractivity contribution < 1.29 is 24.2 Å². The van der Waals surface area contributed by atoms with E-state index in [2.05, 4.69) is 4.74 Å². The number of methoxy groups -OCH3 is 2. The second-order valence-corrected chi connectivity index (χ2v) is 5.01. The maximum absolute atomic E-state index is 12.0. The van der Waals surface area contributed by atoms with Gasteiger partial charge in [-0.1, -0.05) is 36.4 Å². The number of hydrogen-bond acceptors (Lipinski definition) is 5. The molecule has 0 aromatic heterocycles. The van der Waals surface area contributed by atoms with Crippen LogP contribution in [0.3, 0.4) is 0 Å². The van der Waals surface area contributed by atoms with Crippen molar-refractivity contribution in [3.05, 3.63) is 59.7 Å². The molecular formula is C18H18O5. The average molecular weight is 314 g/mol. The summed E-state index contributed by atoms with van der Waals surface area (Å²) < 4.78 is 9.55. The van der Waals surface area contributed by atoms with Crippen molar-refractivity contribution in [3.63, 3.8) is 0 Å². The summed E-state index contributed by atoms with van der Waals surface area (Å²) in [5.41, 5.74) is 1.37. The molecule has 5 heteroatoms. The molecule has 0 aliphatic heterocycles. The Morgan fingerprint density at radius 1 is 1.09 bits per heavy atom. The van der Waals surface area contributed by atoms with Gasteiger partial charge < -0.3 is 14.6 Å². The molecule has 0 spiro atoms. The van der Waals surface area contributed by atoms with Gasteiger partial charge in [-0.2, -0.15) is 0 Å². The monoisotopic (exact) mass is 314 g/mol. The molecule has 0 aliphatic carbocycles. The van der Waals surface area contributed by atoms with Crippen LogP contribution in [0.25, 0.3) is 0 Å². The number of ketones is 1. The molecule has 1 N–H and O–H groups in total. The highest BCUT2D eigenvalue weighted by Crippen LogP contribution is 2.36. The molecule has 0 radical (unpaired) electrons. The van der Waals surface area contributed by atoms with Gasteiger partial charge in [-0.05, 0) is 11.6 Å². The highest BCUT2D eigenvalue weighted by Gasteiger charge is 2.25. The highest BCUT2D eigenvalue weighted by atomic mass is 16.5. The number of esters is 1. The molecule has 0 saturated carbocycles. The van der Waals surface area contributed by atoms with E-state index in [1.54, 1.807) is 12.1 Å². The van der Waals surface area contributed by atoms with Gasteiger partial charge in [-0.15, -0.1) is 0 Å². The Labute approximate surface area is 134 Å². The number of phenols is 1. The summed E-state index contributed by atoms with van der Waals surface area (Å²) in [6, 6.07) is 14.1. The molecule has 23 heavy (non-hydrogen) atoms. The molecule has 0 bridgehead atoms. The van der Waals surface area contributed by atoms with Gasteiger partial charge >= 0.3 is 5.97 Å². The molecule has 0 heterocycles. The molecule has 2 aromatic carbocycles. The van der Waals surface area contributed by atoms with Gasteiger partial charge in [0.15, 0.2) is 0 Å². The van der Waals surface area contributed by atoms with Crippen molar-refractivity contribution >= 4 is 11.8 Å². The van der Waals surface area contributed by atoms with Crippen LogP contribution < -0.4 is 4.74 Å². The molecule has 120 valence electrons. The van der Waals surface area contributed by atoms with Crippen LogP contribution in [0.4, 0.5) is 0 Å². The SMILES string of the molecule is COC(=O)C(=O)C[C@H](c1ccccc1)c1ccc(OC)cc1O. The predicted molar refractivity (Wildman–Crippen MR) is 84.6 cm³/mol. The van der Waals surface area contributed by atoms with Crippen LogP contribution in [0.1, 0.15) is 23.5 Å². The molecule has 0 saturated heterocycles. The molecule has 1 atom stereocenters. The lowest BCUT2D eigenvalue weighted by atomic mass is 9.86. The lowest BCUT2D eigenvalue weighted by Gasteiger charge is -2.18. The number of ether oxygens (including phenoxy) is 2. The topological polar surface area (TPSA) is 72.8 Å². The molecule has 0 fully saturated rings. The van der Waals surface area contributed by atoms with Gasteiger partial charge in [0.05, 0.1) is 14.2 Å². The Kier molecular flexibility index (Phi) is 5.36. The molecule has 5 nitrogen and oxygen atoms in total. The van der Waals surface area contributed by atoms with E-state index in [0.717, 1.165) is 5.56 Å². The van der Waals surface area contributed by atoms with Crippen LogP contribution in [0.2, 0.25) is 0 Å². The first-order valence-corrected chi connectivity index (χ1v) is 7.09. The Morgan fingerprint density at radius 2 is 1.78 bits per heavy atom. The minimum atomic E-state index is -0.890. The number of Topliss-reactive ketones (excluding diaryl/α,β-unsaturated/α-hetero) is 1. The van der Waals surface area contributed by atoms with E-state index in [4.69, 9.17) is 4.74 Å². The lowest BCUT2D eigenvalue weighted by molar-refractivity contribution is -0.151. The van der Waals surface area contributed by atoms with Gasteiger partial charge in [-0.25, -0.2) is 4.79 Å². The third-order valence-electron chi connectivity index (χ3n) is 3.62. The van der Waals surface area contributed by atoms with Crippen molar-refractivity contribution in [2.24, 2.45) is 0 Å². The maximum atomic E-state index is 12.0. The van der Waals surface area contributed by atoms with E-state index in [0.29, 0.717) is 11.3 Å². The van der Waals surface area contributed by atoms with Crippen molar-refractivity contribution in [2.75, 3.05) is 14.2 Å². The number of carbonyl (C=O) groups is 2. The van der Waals surface area contributed by atoms with Gasteiger partial charge in [0.1, 0.15) is 11.5 Å². The zero-order valence-corrected chi connectivity index (χ0v) is 13.0. The predicted octanol–water partition coefficient (Wildman–Crippen LogP) is 2.66. The van der Waals surface area contributed by atoms with Crippen LogP contribution in [0, 0.1) is 0 Å². The first-order valence-electron chi connectivity index (χ1n) is 7.09. The summed E-state index contributed by atoms with van der Waals surface area (Å²) in [6.45, 7) is 0. The number of phenolic OH excluding ortho intramolecular Hbond substituents is 1. The largest absolute Gasteiger partial charge is 0.508 e. The maximum Gasteiger partial charge on any atom is 0.374 e. The third-order valence-corrected chi connectivity index (χ3v) is 3.62. The number of carbonyl (C=O) groups excluding carboxylic acids is 2. The minimum absolute atomic E-state index is 0.0101. The van der Waals surface area contributed by atoms with E-state index < -0.39 is 17.7 Å². The zero-order chi connectivity index (χ0) is 16.8. The van der Waals surface area contributed by atoms with Crippen molar-refractivity contribution in [3.8, 4) is 11.5 Å². The second-order valence-electron chi connectivity index (χ2n) is 5.01. The van der Waals surface area contributed by atoms with Gasteiger partial charge in [0, 0.05) is 24.0 Å². The number of aromatic hydroxyl groups is 1. The Bertz CT molecular complexity index is 694. The third kappa shape index (κ3) is 3.88. The first-order chi connectivity index (χ1) is 11.1. The van der Waals surface area contributed by atoms with E-state index >= 15 is 0 Å². The van der Waals surface area contributed by atoms with Gasteiger partial charge in [0.25, 0.3) is 0 Å². The van der Waals surface area contributed by atoms with E-state index in [1.807, 2.05) is 30.3 Å². The first kappa shape index (κ1) is 16.5. The van der Waals surface area contributed by atoms with Crippen LogP contribution in [-0.2, 0) is 14.3 Å². The molecule has 0 amide bonds. The van der Waals surface area contributed by atoms with Gasteiger partial charge in [0.2, 0.25) is 5.78 Å². The zero-order valence-electron chi connectivity index (χ0n) is 13.0. The summed E-state index contributed by atoms with van der Waals surface area (Å²) in [6.07, 6.45) is -0.0867. The van der Waals surface area contributed by atoms with Crippen molar-refractivity contribution in [1.82, 2.24) is 0 Å². The molecular weight excluding hydrogens is 296 g/mol. The van der Waals surface area contributed by atoms with Crippen LogP contribution in [0.15, 0.2) is 48.5 Å². The van der Waals surface area contributed by atoms with Crippen molar-refractivity contribution in [2.45, 2.75) is 12.3 Å². The number of hydrogen-bond donors (Lipinski definition) is 1. The van der Waals surface area contributed by atoms with Crippen LogP contribution >= 0.6 is 0 Å².